The number of nitrogens with zero attached hydrogens (tertiary/aromatic N) is 3. The van der Waals surface area contributed by atoms with Crippen molar-refractivity contribution in [2.45, 2.75) is 51.0 Å². The molecule has 1 atom stereocenters. The van der Waals surface area contributed by atoms with Crippen LogP contribution in [-0.4, -0.2) is 50.8 Å². The van der Waals surface area contributed by atoms with Crippen molar-refractivity contribution in [2.75, 3.05) is 13.1 Å². The Balaban J connectivity index is 1.54. The first-order valence-electron chi connectivity index (χ1n) is 9.11. The summed E-state index contributed by atoms with van der Waals surface area (Å²) >= 11 is 0. The summed E-state index contributed by atoms with van der Waals surface area (Å²) in [5, 5.41) is 2.88. The summed E-state index contributed by atoms with van der Waals surface area (Å²) in [6.07, 6.45) is 8.33. The zero-order chi connectivity index (χ0) is 17.4. The van der Waals surface area contributed by atoms with Gasteiger partial charge in [-0.15, -0.1) is 0 Å². The number of hydrogen-bond donors (Lipinski definition) is 2. The quantitative estimate of drug-likeness (QED) is 0.870. The van der Waals surface area contributed by atoms with Gasteiger partial charge in [-0.05, 0) is 32.1 Å². The van der Waals surface area contributed by atoms with Crippen LogP contribution in [0.5, 0.6) is 0 Å². The van der Waals surface area contributed by atoms with Crippen LogP contribution in [0.2, 0.25) is 0 Å². The standard InChI is InChI=1S/C18H23N5O2/c1-2-13(18(25)23-7-3-4-8-23)22-17(24)12-9-19-16-15(12)21-14(10-20-16)11-5-6-11/h9-11,13H,2-8H2,1H3,(H,19,20)(H,22,24). The molecule has 7 heteroatoms. The van der Waals surface area contributed by atoms with Gasteiger partial charge < -0.3 is 15.2 Å². The minimum atomic E-state index is -0.491. The first-order valence-corrected chi connectivity index (χ1v) is 9.11. The molecule has 4 rings (SSSR count). The maximum atomic E-state index is 12.7. The molecular weight excluding hydrogens is 318 g/mol. The molecule has 1 saturated carbocycles. The van der Waals surface area contributed by atoms with E-state index >= 15 is 0 Å². The Hall–Kier alpha value is -2.44. The van der Waals surface area contributed by atoms with E-state index in [1.807, 2.05) is 11.8 Å². The van der Waals surface area contributed by atoms with Crippen molar-refractivity contribution in [3.8, 4) is 0 Å². The molecule has 7 nitrogen and oxygen atoms in total. The summed E-state index contributed by atoms with van der Waals surface area (Å²) in [5.41, 5.74) is 2.60. The highest BCUT2D eigenvalue weighted by Gasteiger charge is 2.29. The Bertz CT molecular complexity index is 805. The molecule has 132 valence electrons. The van der Waals surface area contributed by atoms with Gasteiger partial charge >= 0.3 is 0 Å². The van der Waals surface area contributed by atoms with Gasteiger partial charge in [-0.25, -0.2) is 9.97 Å². The summed E-state index contributed by atoms with van der Waals surface area (Å²) < 4.78 is 0. The van der Waals surface area contributed by atoms with Gasteiger partial charge in [0.05, 0.1) is 17.5 Å². The topological polar surface area (TPSA) is 91.0 Å². The van der Waals surface area contributed by atoms with Crippen LogP contribution in [0.3, 0.4) is 0 Å². The van der Waals surface area contributed by atoms with Gasteiger partial charge in [-0.3, -0.25) is 9.59 Å². The lowest BCUT2D eigenvalue weighted by atomic mass is 10.1. The highest BCUT2D eigenvalue weighted by molar-refractivity contribution is 6.05. The molecule has 1 saturated heterocycles. The molecule has 1 unspecified atom stereocenters. The Labute approximate surface area is 146 Å². The van der Waals surface area contributed by atoms with Gasteiger partial charge in [0, 0.05) is 25.2 Å². The summed E-state index contributed by atoms with van der Waals surface area (Å²) in [7, 11) is 0. The molecule has 0 bridgehead atoms. The number of carbonyl (C=O) groups excluding carboxylic acids is 2. The molecule has 25 heavy (non-hydrogen) atoms. The largest absolute Gasteiger partial charge is 0.344 e. The fraction of sp³-hybridized carbons (Fsp3) is 0.556. The summed E-state index contributed by atoms with van der Waals surface area (Å²) in [4.78, 5) is 39.1. The van der Waals surface area contributed by atoms with Crippen molar-refractivity contribution in [3.63, 3.8) is 0 Å². The number of aromatic amines is 1. The van der Waals surface area contributed by atoms with Crippen LogP contribution in [0.25, 0.3) is 11.2 Å². The van der Waals surface area contributed by atoms with Crippen LogP contribution in [-0.2, 0) is 4.79 Å². The molecule has 2 aliphatic rings. The van der Waals surface area contributed by atoms with Crippen LogP contribution >= 0.6 is 0 Å². The van der Waals surface area contributed by atoms with Gasteiger partial charge in [0.15, 0.2) is 5.65 Å². The third-order valence-electron chi connectivity index (χ3n) is 5.07. The number of fused-ring (bicyclic) bond motifs is 1. The first kappa shape index (κ1) is 16.1. The number of hydrogen-bond acceptors (Lipinski definition) is 4. The molecule has 0 aromatic carbocycles. The van der Waals surface area contributed by atoms with E-state index in [2.05, 4.69) is 20.3 Å². The van der Waals surface area contributed by atoms with Gasteiger partial charge in [0.2, 0.25) is 5.91 Å². The molecule has 2 aromatic rings. The molecule has 1 aliphatic heterocycles. The predicted octanol–water partition coefficient (Wildman–Crippen LogP) is 1.97. The zero-order valence-electron chi connectivity index (χ0n) is 14.4. The number of nitrogens with one attached hydrogen (secondary N) is 2. The van der Waals surface area contributed by atoms with E-state index in [-0.39, 0.29) is 11.8 Å². The Kier molecular flexibility index (Phi) is 4.15. The molecule has 2 fully saturated rings. The fourth-order valence-electron chi connectivity index (χ4n) is 3.39. The number of carbonyl (C=O) groups is 2. The zero-order valence-corrected chi connectivity index (χ0v) is 14.4. The highest BCUT2D eigenvalue weighted by atomic mass is 16.2. The molecule has 2 aromatic heterocycles. The molecule has 1 aliphatic carbocycles. The van der Waals surface area contributed by atoms with Crippen LogP contribution in [0, 0.1) is 0 Å². The van der Waals surface area contributed by atoms with Crippen LogP contribution in [0.15, 0.2) is 12.4 Å². The smallest absolute Gasteiger partial charge is 0.255 e. The monoisotopic (exact) mass is 341 g/mol. The lowest BCUT2D eigenvalue weighted by Crippen LogP contribution is -2.47. The molecule has 2 N–H and O–H groups in total. The van der Waals surface area contributed by atoms with Gasteiger partial charge in [-0.2, -0.15) is 0 Å². The first-order chi connectivity index (χ1) is 12.2. The van der Waals surface area contributed by atoms with Gasteiger partial charge in [0.25, 0.3) is 5.91 Å². The maximum absolute atomic E-state index is 12.7. The van der Waals surface area contributed by atoms with Gasteiger partial charge in [-0.1, -0.05) is 6.92 Å². The molecule has 0 spiro atoms. The van der Waals surface area contributed by atoms with E-state index in [0.717, 1.165) is 44.5 Å². The normalized spacial score (nSPS) is 18.5. The van der Waals surface area contributed by atoms with Crippen LogP contribution in [0.1, 0.15) is 61.0 Å². The van der Waals surface area contributed by atoms with Crippen molar-refractivity contribution in [1.82, 2.24) is 25.2 Å². The second-order valence-corrected chi connectivity index (χ2v) is 6.94. The number of aromatic nitrogens is 3. The van der Waals surface area contributed by atoms with Gasteiger partial charge in [0.1, 0.15) is 11.6 Å². The average molecular weight is 341 g/mol. The maximum Gasteiger partial charge on any atom is 0.255 e. The summed E-state index contributed by atoms with van der Waals surface area (Å²) in [6, 6.07) is -0.491. The Morgan fingerprint density at radius 2 is 2.12 bits per heavy atom. The third kappa shape index (κ3) is 3.10. The molecule has 0 radical (unpaired) electrons. The lowest BCUT2D eigenvalue weighted by molar-refractivity contribution is -0.132. The minimum Gasteiger partial charge on any atom is -0.344 e. The highest BCUT2D eigenvalue weighted by Crippen LogP contribution is 2.39. The van der Waals surface area contributed by atoms with Crippen LogP contribution in [0.4, 0.5) is 0 Å². The second kappa shape index (κ2) is 6.46. The lowest BCUT2D eigenvalue weighted by Gasteiger charge is -2.22. The SMILES string of the molecule is CCC(NC(=O)c1c[nH]c2ncc(C3CC3)nc12)C(=O)N1CCCC1. The third-order valence-corrected chi connectivity index (χ3v) is 5.07. The number of amides is 2. The van der Waals surface area contributed by atoms with E-state index in [4.69, 9.17) is 0 Å². The fourth-order valence-corrected chi connectivity index (χ4v) is 3.39. The van der Waals surface area contributed by atoms with Crippen molar-refractivity contribution >= 4 is 23.0 Å². The van der Waals surface area contributed by atoms with E-state index < -0.39 is 6.04 Å². The number of H-pyrrole nitrogens is 1. The Morgan fingerprint density at radius 3 is 2.80 bits per heavy atom. The minimum absolute atomic E-state index is 0.0120. The van der Waals surface area contributed by atoms with E-state index in [0.29, 0.717) is 29.1 Å². The van der Waals surface area contributed by atoms with Crippen molar-refractivity contribution in [2.24, 2.45) is 0 Å². The van der Waals surface area contributed by atoms with Crippen molar-refractivity contribution in [1.29, 1.82) is 0 Å². The number of likely N-dealkylation sites (tertiary alicyclic amines) is 1. The van der Waals surface area contributed by atoms with E-state index in [9.17, 15) is 9.59 Å². The number of rotatable bonds is 5. The van der Waals surface area contributed by atoms with E-state index in [1.165, 1.54) is 0 Å². The Morgan fingerprint density at radius 1 is 1.36 bits per heavy atom. The van der Waals surface area contributed by atoms with Crippen LogP contribution < -0.4 is 5.32 Å². The molecule has 3 heterocycles. The molecular formula is C18H23N5O2. The van der Waals surface area contributed by atoms with Crippen molar-refractivity contribution in [3.05, 3.63) is 23.7 Å². The second-order valence-electron chi connectivity index (χ2n) is 6.94. The molecule has 2 amide bonds. The predicted molar refractivity (Wildman–Crippen MR) is 93.2 cm³/mol. The summed E-state index contributed by atoms with van der Waals surface area (Å²) in [5.74, 6) is 0.216. The summed E-state index contributed by atoms with van der Waals surface area (Å²) in [6.45, 7) is 3.49. The van der Waals surface area contributed by atoms with E-state index in [1.54, 1.807) is 12.4 Å². The average Bonchev–Trinajstić information content (AvgIpc) is 3.17. The van der Waals surface area contributed by atoms with Crippen molar-refractivity contribution < 1.29 is 9.59 Å².